The molecule has 0 bridgehead atoms. The first kappa shape index (κ1) is 7.82. The van der Waals surface area contributed by atoms with Gasteiger partial charge in [-0.3, -0.25) is 0 Å². The molecule has 0 saturated heterocycles. The number of terminal acetylenes is 1. The van der Waals surface area contributed by atoms with Crippen molar-refractivity contribution in [2.75, 3.05) is 0 Å². The van der Waals surface area contributed by atoms with Gasteiger partial charge < -0.3 is 0 Å². The van der Waals surface area contributed by atoms with E-state index in [1.807, 2.05) is 0 Å². The highest BCUT2D eigenvalue weighted by Crippen LogP contribution is 2.34. The number of thiazole rings is 1. The second kappa shape index (κ2) is 3.28. The molecule has 1 aromatic heterocycles. The Bertz CT molecular complexity index is 302. The molecule has 62 valence electrons. The van der Waals surface area contributed by atoms with Crippen LogP contribution in [0.1, 0.15) is 42.3 Å². The average molecular weight is 177 g/mol. The van der Waals surface area contributed by atoms with Gasteiger partial charge in [0.2, 0.25) is 0 Å². The summed E-state index contributed by atoms with van der Waals surface area (Å²) in [7, 11) is 0. The molecule has 0 aromatic carbocycles. The van der Waals surface area contributed by atoms with Gasteiger partial charge in [-0.2, -0.15) is 0 Å². The predicted octanol–water partition coefficient (Wildman–Crippen LogP) is 2.78. The van der Waals surface area contributed by atoms with Crippen molar-refractivity contribution >= 4 is 11.3 Å². The Balaban J connectivity index is 2.17. The van der Waals surface area contributed by atoms with Crippen LogP contribution in [0.15, 0.2) is 5.38 Å². The van der Waals surface area contributed by atoms with Gasteiger partial charge in [-0.15, -0.1) is 17.8 Å². The van der Waals surface area contributed by atoms with E-state index in [0.29, 0.717) is 5.92 Å². The van der Waals surface area contributed by atoms with Crippen LogP contribution in [0.25, 0.3) is 0 Å². The summed E-state index contributed by atoms with van der Waals surface area (Å²) in [6.45, 7) is 0. The van der Waals surface area contributed by atoms with Crippen LogP contribution < -0.4 is 0 Å². The molecule has 1 saturated carbocycles. The smallest absolute Gasteiger partial charge is 0.166 e. The van der Waals surface area contributed by atoms with E-state index < -0.39 is 0 Å². The zero-order valence-electron chi connectivity index (χ0n) is 6.92. The molecule has 0 N–H and O–H groups in total. The van der Waals surface area contributed by atoms with Crippen molar-refractivity contribution in [3.8, 4) is 12.3 Å². The number of hydrogen-bond acceptors (Lipinski definition) is 2. The third-order valence-corrected chi connectivity index (χ3v) is 3.21. The lowest BCUT2D eigenvalue weighted by atomic mass is 10.1. The zero-order valence-corrected chi connectivity index (χ0v) is 7.73. The Morgan fingerprint density at radius 2 is 2.25 bits per heavy atom. The van der Waals surface area contributed by atoms with E-state index in [0.717, 1.165) is 5.01 Å². The van der Waals surface area contributed by atoms with Crippen molar-refractivity contribution in [1.82, 2.24) is 4.98 Å². The third kappa shape index (κ3) is 1.37. The van der Waals surface area contributed by atoms with Crippen molar-refractivity contribution in [3.05, 3.63) is 16.1 Å². The lowest BCUT2D eigenvalue weighted by Crippen LogP contribution is -1.91. The van der Waals surface area contributed by atoms with Gasteiger partial charge in [-0.05, 0) is 18.8 Å². The van der Waals surface area contributed by atoms with Crippen LogP contribution in [0.5, 0.6) is 0 Å². The largest absolute Gasteiger partial charge is 0.232 e. The van der Waals surface area contributed by atoms with E-state index in [-0.39, 0.29) is 0 Å². The fourth-order valence-electron chi connectivity index (χ4n) is 1.76. The number of rotatable bonds is 1. The topological polar surface area (TPSA) is 12.9 Å². The molecular formula is C10H11NS. The Morgan fingerprint density at radius 3 is 2.83 bits per heavy atom. The minimum atomic E-state index is 0.698. The fourth-order valence-corrected chi connectivity index (χ4v) is 2.47. The summed E-state index contributed by atoms with van der Waals surface area (Å²) in [6, 6.07) is 0. The normalized spacial score (nSPS) is 17.9. The third-order valence-electron chi connectivity index (χ3n) is 2.42. The molecule has 2 rings (SSSR count). The molecule has 12 heavy (non-hydrogen) atoms. The summed E-state index contributed by atoms with van der Waals surface area (Å²) in [5.41, 5.74) is 1.23. The summed E-state index contributed by atoms with van der Waals surface area (Å²) in [5, 5.41) is 2.95. The molecule has 0 spiro atoms. The summed E-state index contributed by atoms with van der Waals surface area (Å²) >= 11 is 1.59. The monoisotopic (exact) mass is 177 g/mol. The van der Waals surface area contributed by atoms with Gasteiger partial charge in [0.05, 0.1) is 5.69 Å². The molecule has 0 atom stereocenters. The summed E-state index contributed by atoms with van der Waals surface area (Å²) in [5.74, 6) is 3.28. The highest BCUT2D eigenvalue weighted by atomic mass is 32.1. The lowest BCUT2D eigenvalue weighted by Gasteiger charge is -2.02. The van der Waals surface area contributed by atoms with Crippen molar-refractivity contribution in [1.29, 1.82) is 0 Å². The zero-order chi connectivity index (χ0) is 8.39. The summed E-state index contributed by atoms with van der Waals surface area (Å²) in [4.78, 5) is 4.39. The van der Waals surface area contributed by atoms with E-state index in [4.69, 9.17) is 6.42 Å². The van der Waals surface area contributed by atoms with Gasteiger partial charge >= 0.3 is 0 Å². The predicted molar refractivity (Wildman–Crippen MR) is 51.3 cm³/mol. The molecule has 0 unspecified atom stereocenters. The first-order valence-electron chi connectivity index (χ1n) is 4.32. The van der Waals surface area contributed by atoms with Crippen LogP contribution in [0.2, 0.25) is 0 Å². The van der Waals surface area contributed by atoms with Crippen LogP contribution in [0.4, 0.5) is 0 Å². The first-order chi connectivity index (χ1) is 5.90. The fraction of sp³-hybridized carbons (Fsp3) is 0.500. The second-order valence-electron chi connectivity index (χ2n) is 3.20. The van der Waals surface area contributed by atoms with Crippen LogP contribution in [-0.4, -0.2) is 4.98 Å². The number of nitrogens with zero attached hydrogens (tertiary/aromatic N) is 1. The average Bonchev–Trinajstić information content (AvgIpc) is 2.75. The molecule has 1 aromatic rings. The molecule has 0 radical (unpaired) electrons. The van der Waals surface area contributed by atoms with Gasteiger partial charge in [-0.1, -0.05) is 12.8 Å². The van der Waals surface area contributed by atoms with Crippen molar-refractivity contribution in [2.24, 2.45) is 0 Å². The Morgan fingerprint density at radius 1 is 1.50 bits per heavy atom. The molecular weight excluding hydrogens is 166 g/mol. The summed E-state index contributed by atoms with van der Waals surface area (Å²) < 4.78 is 0. The Labute approximate surface area is 76.8 Å². The maximum atomic E-state index is 5.26. The van der Waals surface area contributed by atoms with Crippen LogP contribution in [0.3, 0.4) is 0 Å². The number of aromatic nitrogens is 1. The molecule has 0 amide bonds. The highest BCUT2D eigenvalue weighted by molar-refractivity contribution is 7.10. The van der Waals surface area contributed by atoms with Gasteiger partial charge in [0.15, 0.2) is 5.01 Å². The van der Waals surface area contributed by atoms with Crippen molar-refractivity contribution in [3.63, 3.8) is 0 Å². The van der Waals surface area contributed by atoms with E-state index in [2.05, 4.69) is 16.3 Å². The molecule has 2 heteroatoms. The lowest BCUT2D eigenvalue weighted by molar-refractivity contribution is 0.702. The van der Waals surface area contributed by atoms with Gasteiger partial charge in [0, 0.05) is 11.3 Å². The molecule has 1 aliphatic carbocycles. The standard InChI is InChI=1S/C10H11NS/c1-2-10-11-9(7-12-10)8-5-3-4-6-8/h1,7-8H,3-6H2. The maximum absolute atomic E-state index is 5.26. The highest BCUT2D eigenvalue weighted by Gasteiger charge is 2.19. The quantitative estimate of drug-likeness (QED) is 0.601. The van der Waals surface area contributed by atoms with Crippen LogP contribution in [0, 0.1) is 12.3 Å². The number of hydrogen-bond donors (Lipinski definition) is 0. The second-order valence-corrected chi connectivity index (χ2v) is 4.06. The Kier molecular flexibility index (Phi) is 2.14. The van der Waals surface area contributed by atoms with Crippen molar-refractivity contribution in [2.45, 2.75) is 31.6 Å². The molecule has 1 heterocycles. The van der Waals surface area contributed by atoms with E-state index >= 15 is 0 Å². The molecule has 0 aliphatic heterocycles. The van der Waals surface area contributed by atoms with Crippen LogP contribution >= 0.6 is 11.3 Å². The van der Waals surface area contributed by atoms with E-state index in [9.17, 15) is 0 Å². The Hall–Kier alpha value is -0.810. The molecule has 1 nitrogen and oxygen atoms in total. The van der Waals surface area contributed by atoms with Crippen LogP contribution in [-0.2, 0) is 0 Å². The van der Waals surface area contributed by atoms with E-state index in [1.54, 1.807) is 11.3 Å². The molecule has 1 aliphatic rings. The van der Waals surface area contributed by atoms with Gasteiger partial charge in [-0.25, -0.2) is 4.98 Å². The minimum Gasteiger partial charge on any atom is -0.232 e. The first-order valence-corrected chi connectivity index (χ1v) is 5.20. The minimum absolute atomic E-state index is 0.698. The molecule has 1 fully saturated rings. The van der Waals surface area contributed by atoms with Gasteiger partial charge in [0.1, 0.15) is 0 Å². The summed E-state index contributed by atoms with van der Waals surface area (Å²) in [6.07, 6.45) is 10.6. The van der Waals surface area contributed by atoms with Crippen molar-refractivity contribution < 1.29 is 0 Å². The van der Waals surface area contributed by atoms with E-state index in [1.165, 1.54) is 31.4 Å². The SMILES string of the molecule is C#Cc1nc(C2CCCC2)cs1. The van der Waals surface area contributed by atoms with Gasteiger partial charge in [0.25, 0.3) is 0 Å². The maximum Gasteiger partial charge on any atom is 0.166 e.